The molecule has 0 unspecified atom stereocenters. The molecule has 0 aliphatic carbocycles. The molecule has 0 radical (unpaired) electrons. The minimum atomic E-state index is 0.866. The lowest BCUT2D eigenvalue weighted by Crippen LogP contribution is -2.11. The molecule has 3 nitrogen and oxygen atoms in total. The number of fused-ring (bicyclic) bond motifs is 6. The monoisotopic (exact) mass is 588 g/mol. The van der Waals surface area contributed by atoms with E-state index in [0.29, 0.717) is 0 Å². The summed E-state index contributed by atoms with van der Waals surface area (Å²) in [5.41, 5.74) is 9.76. The first-order chi connectivity index (χ1) is 22.8. The number of hydrogen-bond donors (Lipinski definition) is 0. The zero-order valence-corrected chi connectivity index (χ0v) is 25.0. The standard InChI is InChI=1S/C43H28N2O/c1-2-9-30(10-3-1)37-14-6-7-16-41(37)45(33-20-17-31(18-21-33)36-15-8-12-29-11-4-5-13-35(29)36)34-22-24-42-40(27-34)39-23-19-32-28-44-26-25-38(32)43(39)46-42/h1-28H. The van der Waals surface area contributed by atoms with Gasteiger partial charge in [0.15, 0.2) is 0 Å². The van der Waals surface area contributed by atoms with E-state index in [1.165, 1.54) is 27.5 Å². The van der Waals surface area contributed by atoms with Crippen LogP contribution in [0.15, 0.2) is 175 Å². The quantitative estimate of drug-likeness (QED) is 0.200. The van der Waals surface area contributed by atoms with Gasteiger partial charge < -0.3 is 9.32 Å². The molecule has 9 rings (SSSR count). The van der Waals surface area contributed by atoms with Crippen LogP contribution in [0, 0.1) is 0 Å². The summed E-state index contributed by atoms with van der Waals surface area (Å²) in [7, 11) is 0. The van der Waals surface area contributed by atoms with Gasteiger partial charge in [-0.15, -0.1) is 0 Å². The number of nitrogens with zero attached hydrogens (tertiary/aromatic N) is 2. The van der Waals surface area contributed by atoms with Gasteiger partial charge in [-0.1, -0.05) is 109 Å². The Kier molecular flexibility index (Phi) is 6.14. The van der Waals surface area contributed by atoms with E-state index in [1.54, 1.807) is 0 Å². The molecule has 0 atom stereocenters. The van der Waals surface area contributed by atoms with Crippen molar-refractivity contribution in [3.63, 3.8) is 0 Å². The fourth-order valence-corrected chi connectivity index (χ4v) is 6.75. The molecule has 0 aliphatic rings. The molecule has 0 bridgehead atoms. The molecule has 9 aromatic rings. The first-order valence-corrected chi connectivity index (χ1v) is 15.5. The van der Waals surface area contributed by atoms with Crippen molar-refractivity contribution in [1.29, 1.82) is 0 Å². The van der Waals surface area contributed by atoms with Crippen molar-refractivity contribution in [2.45, 2.75) is 0 Å². The Bertz CT molecular complexity index is 2530. The van der Waals surface area contributed by atoms with E-state index < -0.39 is 0 Å². The summed E-state index contributed by atoms with van der Waals surface area (Å²) in [4.78, 5) is 6.66. The van der Waals surface area contributed by atoms with E-state index in [1.807, 2.05) is 18.5 Å². The Labute approximate surface area is 266 Å². The second-order valence-electron chi connectivity index (χ2n) is 11.6. The van der Waals surface area contributed by atoms with Crippen LogP contribution in [0.5, 0.6) is 0 Å². The molecule has 216 valence electrons. The van der Waals surface area contributed by atoms with Gasteiger partial charge in [0.1, 0.15) is 11.2 Å². The van der Waals surface area contributed by atoms with Crippen molar-refractivity contribution in [2.24, 2.45) is 0 Å². The van der Waals surface area contributed by atoms with Gasteiger partial charge in [-0.2, -0.15) is 0 Å². The Morgan fingerprint density at radius 1 is 0.457 bits per heavy atom. The number of benzene rings is 7. The third kappa shape index (κ3) is 4.33. The molecule has 0 saturated heterocycles. The van der Waals surface area contributed by atoms with Crippen LogP contribution >= 0.6 is 0 Å². The number of aromatic nitrogens is 1. The third-order valence-electron chi connectivity index (χ3n) is 8.95. The van der Waals surface area contributed by atoms with Crippen molar-refractivity contribution in [3.05, 3.63) is 170 Å². The summed E-state index contributed by atoms with van der Waals surface area (Å²) in [5, 5.41) is 6.82. The van der Waals surface area contributed by atoms with Gasteiger partial charge in [0.25, 0.3) is 0 Å². The Balaban J connectivity index is 1.24. The van der Waals surface area contributed by atoms with Crippen molar-refractivity contribution < 1.29 is 4.42 Å². The van der Waals surface area contributed by atoms with Gasteiger partial charge in [-0.05, 0) is 76.0 Å². The maximum atomic E-state index is 6.46. The Morgan fingerprint density at radius 2 is 1.20 bits per heavy atom. The highest BCUT2D eigenvalue weighted by atomic mass is 16.3. The Hall–Kier alpha value is -6.19. The van der Waals surface area contributed by atoms with Crippen molar-refractivity contribution in [2.75, 3.05) is 4.90 Å². The van der Waals surface area contributed by atoms with Crippen LogP contribution in [-0.4, -0.2) is 4.98 Å². The molecular weight excluding hydrogens is 560 g/mol. The summed E-state index contributed by atoms with van der Waals surface area (Å²) < 4.78 is 6.46. The first-order valence-electron chi connectivity index (χ1n) is 15.5. The van der Waals surface area contributed by atoms with E-state index in [0.717, 1.165) is 55.3 Å². The predicted molar refractivity (Wildman–Crippen MR) is 192 cm³/mol. The Morgan fingerprint density at radius 3 is 2.11 bits per heavy atom. The summed E-state index contributed by atoms with van der Waals surface area (Å²) in [6, 6.07) is 56.1. The normalized spacial score (nSPS) is 11.5. The third-order valence-corrected chi connectivity index (χ3v) is 8.95. The SMILES string of the molecule is c1ccc(-c2ccccc2N(c2ccc(-c3cccc4ccccc34)cc2)c2ccc3oc4c5ccncc5ccc4c3c2)cc1. The predicted octanol–water partition coefficient (Wildman–Crippen LogP) is 12.1. The van der Waals surface area contributed by atoms with Crippen LogP contribution < -0.4 is 4.90 Å². The van der Waals surface area contributed by atoms with Gasteiger partial charge in [-0.3, -0.25) is 4.98 Å². The second kappa shape index (κ2) is 10.8. The van der Waals surface area contributed by atoms with Crippen molar-refractivity contribution in [3.8, 4) is 22.3 Å². The second-order valence-corrected chi connectivity index (χ2v) is 11.6. The lowest BCUT2D eigenvalue weighted by molar-refractivity contribution is 0.672. The highest BCUT2D eigenvalue weighted by Gasteiger charge is 2.19. The molecule has 46 heavy (non-hydrogen) atoms. The molecule has 0 amide bonds. The van der Waals surface area contributed by atoms with Gasteiger partial charge in [-0.25, -0.2) is 0 Å². The summed E-state index contributed by atoms with van der Waals surface area (Å²) in [5.74, 6) is 0. The van der Waals surface area contributed by atoms with E-state index >= 15 is 0 Å². The maximum absolute atomic E-state index is 6.46. The summed E-state index contributed by atoms with van der Waals surface area (Å²) >= 11 is 0. The number of rotatable bonds is 5. The average Bonchev–Trinajstić information content (AvgIpc) is 3.51. The van der Waals surface area contributed by atoms with Crippen LogP contribution in [0.1, 0.15) is 0 Å². The van der Waals surface area contributed by atoms with Crippen LogP contribution in [0.2, 0.25) is 0 Å². The smallest absolute Gasteiger partial charge is 0.143 e. The minimum Gasteiger partial charge on any atom is -0.455 e. The first kappa shape index (κ1) is 26.2. The molecule has 0 saturated carbocycles. The molecule has 0 fully saturated rings. The van der Waals surface area contributed by atoms with E-state index in [9.17, 15) is 0 Å². The van der Waals surface area contributed by atoms with Crippen LogP contribution in [0.4, 0.5) is 17.1 Å². The van der Waals surface area contributed by atoms with Crippen LogP contribution in [-0.2, 0) is 0 Å². The van der Waals surface area contributed by atoms with Gasteiger partial charge in [0.2, 0.25) is 0 Å². The molecule has 0 N–H and O–H groups in total. The molecular formula is C43H28N2O. The fraction of sp³-hybridized carbons (Fsp3) is 0. The maximum Gasteiger partial charge on any atom is 0.143 e. The van der Waals surface area contributed by atoms with Crippen molar-refractivity contribution >= 4 is 60.5 Å². The summed E-state index contributed by atoms with van der Waals surface area (Å²) in [6.45, 7) is 0. The molecule has 2 aromatic heterocycles. The fourth-order valence-electron chi connectivity index (χ4n) is 6.75. The number of anilines is 3. The number of furan rings is 1. The van der Waals surface area contributed by atoms with E-state index in [2.05, 4.69) is 162 Å². The number of hydrogen-bond acceptors (Lipinski definition) is 3. The largest absolute Gasteiger partial charge is 0.455 e. The highest BCUT2D eigenvalue weighted by Crippen LogP contribution is 2.44. The van der Waals surface area contributed by atoms with Gasteiger partial charge in [0.05, 0.1) is 5.69 Å². The lowest BCUT2D eigenvalue weighted by Gasteiger charge is -2.28. The van der Waals surface area contributed by atoms with Crippen LogP contribution in [0.25, 0.3) is 65.7 Å². The van der Waals surface area contributed by atoms with Gasteiger partial charge in [0, 0.05) is 50.9 Å². The van der Waals surface area contributed by atoms with E-state index in [4.69, 9.17) is 4.42 Å². The number of para-hydroxylation sites is 1. The molecule has 0 spiro atoms. The van der Waals surface area contributed by atoms with Gasteiger partial charge >= 0.3 is 0 Å². The topological polar surface area (TPSA) is 29.3 Å². The average molecular weight is 589 g/mol. The lowest BCUT2D eigenvalue weighted by atomic mass is 9.97. The molecule has 3 heteroatoms. The highest BCUT2D eigenvalue weighted by molar-refractivity contribution is 6.15. The molecule has 7 aromatic carbocycles. The van der Waals surface area contributed by atoms with E-state index in [-0.39, 0.29) is 0 Å². The molecule has 2 heterocycles. The zero-order chi connectivity index (χ0) is 30.5. The summed E-state index contributed by atoms with van der Waals surface area (Å²) in [6.07, 6.45) is 3.71. The number of pyridine rings is 1. The van der Waals surface area contributed by atoms with Crippen LogP contribution in [0.3, 0.4) is 0 Å². The van der Waals surface area contributed by atoms with Crippen molar-refractivity contribution in [1.82, 2.24) is 4.98 Å². The minimum absolute atomic E-state index is 0.866. The zero-order valence-electron chi connectivity index (χ0n) is 25.0. The molecule has 0 aliphatic heterocycles.